The monoisotopic (exact) mass is 1280 g/mol. The van der Waals surface area contributed by atoms with Crippen LogP contribution in [0.25, 0.3) is 0 Å². The number of rotatable bonds is 17. The second-order valence-corrected chi connectivity index (χ2v) is 23.0. The fourth-order valence-corrected chi connectivity index (χ4v) is 11.9. The van der Waals surface area contributed by atoms with Crippen LogP contribution >= 0.6 is 69.6 Å². The summed E-state index contributed by atoms with van der Waals surface area (Å²) < 4.78 is 27.0. The number of fused-ring (bicyclic) bond motifs is 2. The van der Waals surface area contributed by atoms with Crippen molar-refractivity contribution in [3.8, 4) is 0 Å². The Hall–Kier alpha value is -6.00. The summed E-state index contributed by atoms with van der Waals surface area (Å²) in [6, 6.07) is 31.7. The number of nitrogens with one attached hydrogen (secondary N) is 2. The average Bonchev–Trinajstić information content (AvgIpc) is 4.30. The van der Waals surface area contributed by atoms with Crippen molar-refractivity contribution in [3.05, 3.63) is 207 Å². The number of esters is 1. The first kappa shape index (κ1) is 65.0. The first-order chi connectivity index (χ1) is 40.6. The maximum atomic E-state index is 13.4. The highest BCUT2D eigenvalue weighted by Gasteiger charge is 2.50. The summed E-state index contributed by atoms with van der Waals surface area (Å²) in [7, 11) is 0. The third-order valence-corrected chi connectivity index (χ3v) is 16.4. The molecular formula is C62H58Cl6N2O15. The highest BCUT2D eigenvalue weighted by Crippen LogP contribution is 2.32. The molecule has 10 atom stereocenters. The zero-order valence-electron chi connectivity index (χ0n) is 45.5. The molecule has 4 saturated heterocycles. The van der Waals surface area contributed by atoms with Gasteiger partial charge in [0.15, 0.2) is 17.7 Å². The van der Waals surface area contributed by atoms with Crippen LogP contribution in [0.5, 0.6) is 0 Å². The Labute approximate surface area is 519 Å². The largest absolute Gasteiger partial charge is 0.480 e. The van der Waals surface area contributed by atoms with Crippen LogP contribution in [0.15, 0.2) is 121 Å². The lowest BCUT2D eigenvalue weighted by Crippen LogP contribution is -2.46. The van der Waals surface area contributed by atoms with Crippen molar-refractivity contribution in [3.63, 3.8) is 0 Å². The molecule has 6 aromatic rings. The van der Waals surface area contributed by atoms with Crippen LogP contribution in [0.1, 0.15) is 74.8 Å². The predicted molar refractivity (Wildman–Crippen MR) is 319 cm³/mol. The number of benzene rings is 6. The Morgan fingerprint density at radius 2 is 0.776 bits per heavy atom. The summed E-state index contributed by atoms with van der Waals surface area (Å²) in [6.45, 7) is 4.21. The molecule has 448 valence electrons. The normalized spacial score (nSPS) is 21.6. The summed E-state index contributed by atoms with van der Waals surface area (Å²) in [5, 5.41) is 44.9. The number of aliphatic hydroxyl groups excluding tert-OH is 3. The van der Waals surface area contributed by atoms with E-state index in [1.807, 2.05) is 0 Å². The molecule has 10 rings (SSSR count). The number of carbonyl (C=O) groups excluding carboxylic acids is 5. The van der Waals surface area contributed by atoms with Gasteiger partial charge in [-0.05, 0) is 83.6 Å². The Balaban J connectivity index is 0.000000193. The number of aliphatic hydroxyl groups is 3. The molecule has 3 unspecified atom stereocenters. The number of aliphatic carboxylic acids is 1. The van der Waals surface area contributed by atoms with Crippen LogP contribution in [0.2, 0.25) is 30.1 Å². The molecule has 0 aliphatic carbocycles. The van der Waals surface area contributed by atoms with E-state index in [0.717, 1.165) is 11.1 Å². The third kappa shape index (κ3) is 16.3. The zero-order valence-corrected chi connectivity index (χ0v) is 50.1. The molecule has 4 fully saturated rings. The highest BCUT2D eigenvalue weighted by molar-refractivity contribution is 6.40. The van der Waals surface area contributed by atoms with Gasteiger partial charge in [-0.25, -0.2) is 9.59 Å². The number of amides is 2. The zero-order chi connectivity index (χ0) is 61.2. The van der Waals surface area contributed by atoms with Crippen molar-refractivity contribution in [2.24, 2.45) is 0 Å². The van der Waals surface area contributed by atoms with E-state index >= 15 is 0 Å². The molecule has 23 heteroatoms. The van der Waals surface area contributed by atoms with E-state index in [2.05, 4.69) is 10.6 Å². The lowest BCUT2D eigenvalue weighted by Gasteiger charge is -2.23. The summed E-state index contributed by atoms with van der Waals surface area (Å²) in [6.07, 6.45) is -4.05. The van der Waals surface area contributed by atoms with Gasteiger partial charge in [-0.2, -0.15) is 0 Å². The van der Waals surface area contributed by atoms with Crippen LogP contribution < -0.4 is 10.6 Å². The number of carboxylic acids is 1. The van der Waals surface area contributed by atoms with Crippen molar-refractivity contribution in [1.29, 1.82) is 0 Å². The average molecular weight is 1280 g/mol. The van der Waals surface area contributed by atoms with Crippen molar-refractivity contribution in [2.45, 2.75) is 100 Å². The molecule has 85 heavy (non-hydrogen) atoms. The maximum absolute atomic E-state index is 13.4. The third-order valence-electron chi connectivity index (χ3n) is 14.5. The first-order valence-electron chi connectivity index (χ1n) is 26.7. The van der Waals surface area contributed by atoms with E-state index in [1.165, 1.54) is 0 Å². The number of carboxylic acid groups (broad SMARTS) is 1. The summed E-state index contributed by atoms with van der Waals surface area (Å²) >= 11 is 37.0. The van der Waals surface area contributed by atoms with E-state index in [9.17, 15) is 39.0 Å². The predicted octanol–water partition coefficient (Wildman–Crippen LogP) is 9.10. The number of carbonyl (C=O) groups is 6. The minimum atomic E-state index is -1.17. The lowest BCUT2D eigenvalue weighted by molar-refractivity contribution is -0.156. The molecule has 2 amide bonds. The summed E-state index contributed by atoms with van der Waals surface area (Å²) in [5.74, 6) is -3.36. The van der Waals surface area contributed by atoms with Crippen LogP contribution in [-0.2, 0) is 59.0 Å². The standard InChI is InChI=1S/C31H28Cl3NO7.C25H20Cl3NO4.C6H10O4/c1-16-4-2-5-19(32)26(16)30(38)35-22(31(39)42-25-15-41-28-24(37)14-40-29(25)28)12-17-8-10-18(11-9-17)13-23(36)27-20(33)6-3-7-21(27)34;1-14-4-2-5-17(26)22(14)24(31)29-20(25(32)33)12-15-8-10-16(11-9-15)13-21(30)23-18(27)6-3-7-19(23)28;7-3-1-9-6-4(8)2-10-5(3)6/h2-11,22,24-25,28-29,37H,12-15H2,1H3,(H,35,38);2-11,20H,12-13H2,1H3,(H,29,31)(H,32,33);3-8H,1-2H2/t22?,24-,25?,28+,29+;;3-,4+,5-,6-/m0.1/s1. The molecular weight excluding hydrogens is 1230 g/mol. The van der Waals surface area contributed by atoms with Gasteiger partial charge >= 0.3 is 11.9 Å². The Kier molecular flexibility index (Phi) is 22.6. The van der Waals surface area contributed by atoms with Gasteiger partial charge in [0.2, 0.25) is 0 Å². The Bertz CT molecular complexity index is 3330. The first-order valence-corrected chi connectivity index (χ1v) is 29.0. The minimum absolute atomic E-state index is 0.0646. The lowest BCUT2D eigenvalue weighted by atomic mass is 9.99. The SMILES string of the molecule is Cc1cccc(Cl)c1C(=O)NC(Cc1ccc(CC(=O)c2c(Cl)cccc2Cl)cc1)C(=O)O.Cc1cccc(Cl)c1C(=O)NC(Cc1ccc(CC(=O)c2c(Cl)cccc2Cl)cc1)C(=O)OC1CO[C@H]2[C@@H]1OC[C@@H]2O.O[C@@H]1CO[C@H]2[C@@H]1OC[C@@H]2O. The van der Waals surface area contributed by atoms with Gasteiger partial charge in [-0.3, -0.25) is 19.2 Å². The Morgan fingerprint density at radius 1 is 0.459 bits per heavy atom. The summed E-state index contributed by atoms with van der Waals surface area (Å²) in [4.78, 5) is 76.6. The van der Waals surface area contributed by atoms with Gasteiger partial charge in [0, 0.05) is 25.7 Å². The molecule has 0 radical (unpaired) electrons. The van der Waals surface area contributed by atoms with E-state index in [-0.39, 0.29) is 128 Å². The molecule has 4 aliphatic rings. The van der Waals surface area contributed by atoms with Gasteiger partial charge in [0.05, 0.1) is 78.8 Å². The van der Waals surface area contributed by atoms with Crippen LogP contribution in [-0.4, -0.2) is 143 Å². The molecule has 4 heterocycles. The minimum Gasteiger partial charge on any atom is -0.480 e. The highest BCUT2D eigenvalue weighted by atomic mass is 35.5. The number of Topliss-reactive ketones (excluding diaryl/α,β-unsaturated/α-hetero) is 2. The fourth-order valence-electron chi connectivity index (χ4n) is 10.1. The number of hydrogen-bond donors (Lipinski definition) is 6. The number of halogens is 6. The van der Waals surface area contributed by atoms with E-state index < -0.39 is 72.5 Å². The van der Waals surface area contributed by atoms with Crippen LogP contribution in [0.4, 0.5) is 0 Å². The van der Waals surface area contributed by atoms with Crippen molar-refractivity contribution in [1.82, 2.24) is 10.6 Å². The van der Waals surface area contributed by atoms with Gasteiger partial charge in [0.1, 0.15) is 54.8 Å². The van der Waals surface area contributed by atoms with Crippen molar-refractivity contribution < 1.29 is 72.9 Å². The topological polar surface area (TPSA) is 254 Å². The second kappa shape index (κ2) is 29.6. The second-order valence-electron chi connectivity index (χ2n) is 20.6. The van der Waals surface area contributed by atoms with Crippen LogP contribution in [0.3, 0.4) is 0 Å². The van der Waals surface area contributed by atoms with Gasteiger partial charge in [-0.15, -0.1) is 0 Å². The maximum Gasteiger partial charge on any atom is 0.329 e. The van der Waals surface area contributed by atoms with Crippen LogP contribution in [0, 0.1) is 13.8 Å². The molecule has 17 nitrogen and oxygen atoms in total. The molecule has 0 bridgehead atoms. The molecule has 0 spiro atoms. The summed E-state index contributed by atoms with van der Waals surface area (Å²) in [5.41, 5.74) is 5.20. The molecule has 6 aromatic carbocycles. The van der Waals surface area contributed by atoms with E-state index in [0.29, 0.717) is 22.3 Å². The Morgan fingerprint density at radius 3 is 1.16 bits per heavy atom. The molecule has 0 aromatic heterocycles. The quantitative estimate of drug-likeness (QED) is 0.0368. The van der Waals surface area contributed by atoms with Gasteiger partial charge in [-0.1, -0.05) is 155 Å². The smallest absolute Gasteiger partial charge is 0.329 e. The van der Waals surface area contributed by atoms with Crippen molar-refractivity contribution >= 4 is 105 Å². The van der Waals surface area contributed by atoms with Gasteiger partial charge in [0.25, 0.3) is 11.8 Å². The van der Waals surface area contributed by atoms with Gasteiger partial charge < -0.3 is 54.7 Å². The fraction of sp³-hybridized carbons (Fsp3) is 0.323. The van der Waals surface area contributed by atoms with E-state index in [1.54, 1.807) is 135 Å². The van der Waals surface area contributed by atoms with E-state index in [4.69, 9.17) is 104 Å². The molecule has 0 saturated carbocycles. The number of ketones is 2. The number of aryl methyl sites for hydroxylation is 2. The number of hydrogen-bond acceptors (Lipinski definition) is 14. The van der Waals surface area contributed by atoms with Crippen molar-refractivity contribution in [2.75, 3.05) is 26.4 Å². The number of ether oxygens (including phenoxy) is 5. The molecule has 4 aliphatic heterocycles. The molecule has 6 N–H and O–H groups in total.